The maximum Gasteiger partial charge on any atom is 0.136 e. The van der Waals surface area contributed by atoms with Crippen LogP contribution in [0.4, 0.5) is 0 Å². The first-order valence-corrected chi connectivity index (χ1v) is 2.85. The van der Waals surface area contributed by atoms with E-state index in [4.69, 9.17) is 5.11 Å². The summed E-state index contributed by atoms with van der Waals surface area (Å²) >= 11 is 0. The number of hydrogen-bond acceptors (Lipinski definition) is 2. The van der Waals surface area contributed by atoms with Crippen molar-refractivity contribution in [3.05, 3.63) is 17.5 Å². The van der Waals surface area contributed by atoms with E-state index in [9.17, 15) is 0 Å². The Morgan fingerprint density at radius 3 is 2.56 bits per heavy atom. The summed E-state index contributed by atoms with van der Waals surface area (Å²) in [5.74, 6) is 0. The van der Waals surface area contributed by atoms with E-state index >= 15 is 0 Å². The molecule has 0 aromatic carbocycles. The molecule has 50 valence electrons. The third kappa shape index (κ3) is 1.10. The van der Waals surface area contributed by atoms with Gasteiger partial charge in [-0.25, -0.2) is 4.68 Å². The molecule has 0 amide bonds. The van der Waals surface area contributed by atoms with E-state index in [0.29, 0.717) is 0 Å². The summed E-state index contributed by atoms with van der Waals surface area (Å²) in [5.41, 5.74) is 2.09. The monoisotopic (exact) mass is 126 g/mol. The molecule has 1 rings (SSSR count). The van der Waals surface area contributed by atoms with Crippen molar-refractivity contribution in [1.29, 1.82) is 0 Å². The largest absolute Gasteiger partial charge is 0.374 e. The topological polar surface area (TPSA) is 38.0 Å². The second kappa shape index (κ2) is 2.19. The summed E-state index contributed by atoms with van der Waals surface area (Å²) in [6.45, 7) is 3.85. The molecule has 0 unspecified atom stereocenters. The smallest absolute Gasteiger partial charge is 0.136 e. The number of aryl methyl sites for hydroxylation is 2. The fraction of sp³-hybridized carbons (Fsp3) is 0.500. The summed E-state index contributed by atoms with van der Waals surface area (Å²) in [7, 11) is 0. The van der Waals surface area contributed by atoms with Gasteiger partial charge in [0.15, 0.2) is 0 Å². The Morgan fingerprint density at radius 2 is 2.33 bits per heavy atom. The summed E-state index contributed by atoms with van der Waals surface area (Å²) in [6.07, 6.45) is 1.81. The number of nitrogens with zero attached hydrogens (tertiary/aromatic N) is 2. The van der Waals surface area contributed by atoms with E-state index in [2.05, 4.69) is 5.10 Å². The summed E-state index contributed by atoms with van der Waals surface area (Å²) in [6, 6.07) is 0. The van der Waals surface area contributed by atoms with Crippen molar-refractivity contribution >= 4 is 0 Å². The first kappa shape index (κ1) is 6.29. The summed E-state index contributed by atoms with van der Waals surface area (Å²) in [5, 5.41) is 12.6. The lowest BCUT2D eigenvalue weighted by atomic mass is 10.3. The van der Waals surface area contributed by atoms with Crippen molar-refractivity contribution in [3.63, 3.8) is 0 Å². The number of aliphatic hydroxyl groups is 1. The molecule has 1 aromatic rings. The van der Waals surface area contributed by atoms with Crippen molar-refractivity contribution < 1.29 is 5.11 Å². The number of rotatable bonds is 1. The van der Waals surface area contributed by atoms with Crippen LogP contribution in [0.15, 0.2) is 6.20 Å². The van der Waals surface area contributed by atoms with Gasteiger partial charge < -0.3 is 5.11 Å². The molecule has 3 nitrogen and oxygen atoms in total. The Morgan fingerprint density at radius 1 is 1.67 bits per heavy atom. The molecular weight excluding hydrogens is 116 g/mol. The Balaban J connectivity index is 2.98. The molecule has 0 aliphatic heterocycles. The van der Waals surface area contributed by atoms with E-state index in [1.54, 1.807) is 0 Å². The molecule has 9 heavy (non-hydrogen) atoms. The minimum absolute atomic E-state index is 0.0331. The Kier molecular flexibility index (Phi) is 1.53. The molecule has 0 atom stereocenters. The SMILES string of the molecule is Cc1cn(CO)nc1C. The minimum atomic E-state index is -0.0331. The van der Waals surface area contributed by atoms with E-state index in [0.717, 1.165) is 11.3 Å². The highest BCUT2D eigenvalue weighted by Gasteiger charge is 1.95. The van der Waals surface area contributed by atoms with Crippen LogP contribution in [0, 0.1) is 13.8 Å². The minimum Gasteiger partial charge on any atom is -0.374 e. The second-order valence-corrected chi connectivity index (χ2v) is 2.08. The van der Waals surface area contributed by atoms with Gasteiger partial charge in [-0.15, -0.1) is 0 Å². The molecule has 1 N–H and O–H groups in total. The molecular formula is C6H10N2O. The van der Waals surface area contributed by atoms with Crippen LogP contribution in [-0.2, 0) is 6.73 Å². The lowest BCUT2D eigenvalue weighted by molar-refractivity contribution is 0.195. The van der Waals surface area contributed by atoms with Gasteiger partial charge in [0.05, 0.1) is 5.69 Å². The van der Waals surface area contributed by atoms with Crippen LogP contribution in [0.3, 0.4) is 0 Å². The summed E-state index contributed by atoms with van der Waals surface area (Å²) in [4.78, 5) is 0. The van der Waals surface area contributed by atoms with Gasteiger partial charge in [0, 0.05) is 6.20 Å². The van der Waals surface area contributed by atoms with E-state index in [-0.39, 0.29) is 6.73 Å². The van der Waals surface area contributed by atoms with Gasteiger partial charge in [0.25, 0.3) is 0 Å². The lowest BCUT2D eigenvalue weighted by Gasteiger charge is -1.88. The van der Waals surface area contributed by atoms with Crippen molar-refractivity contribution in [2.75, 3.05) is 0 Å². The molecule has 0 spiro atoms. The van der Waals surface area contributed by atoms with Gasteiger partial charge in [-0.1, -0.05) is 0 Å². The Labute approximate surface area is 53.9 Å². The fourth-order valence-corrected chi connectivity index (χ4v) is 0.690. The third-order valence-corrected chi connectivity index (χ3v) is 1.34. The van der Waals surface area contributed by atoms with Crippen molar-refractivity contribution in [3.8, 4) is 0 Å². The van der Waals surface area contributed by atoms with E-state index < -0.39 is 0 Å². The maximum atomic E-state index is 8.58. The van der Waals surface area contributed by atoms with E-state index in [1.807, 2.05) is 20.0 Å². The quantitative estimate of drug-likeness (QED) is 0.593. The number of aromatic nitrogens is 2. The van der Waals surface area contributed by atoms with Crippen LogP contribution in [0.1, 0.15) is 11.3 Å². The Bertz CT molecular complexity index is 185. The highest BCUT2D eigenvalue weighted by Crippen LogP contribution is 2.00. The number of hydrogen-bond donors (Lipinski definition) is 1. The predicted molar refractivity (Wildman–Crippen MR) is 33.9 cm³/mol. The average molecular weight is 126 g/mol. The lowest BCUT2D eigenvalue weighted by Crippen LogP contribution is -1.96. The van der Waals surface area contributed by atoms with Crippen LogP contribution in [0.2, 0.25) is 0 Å². The first-order chi connectivity index (χ1) is 4.24. The maximum absolute atomic E-state index is 8.58. The third-order valence-electron chi connectivity index (χ3n) is 1.34. The van der Waals surface area contributed by atoms with Crippen LogP contribution in [0.5, 0.6) is 0 Å². The second-order valence-electron chi connectivity index (χ2n) is 2.08. The first-order valence-electron chi connectivity index (χ1n) is 2.85. The van der Waals surface area contributed by atoms with Crippen LogP contribution in [-0.4, -0.2) is 14.9 Å². The highest BCUT2D eigenvalue weighted by molar-refractivity contribution is 5.11. The average Bonchev–Trinajstić information content (AvgIpc) is 2.13. The predicted octanol–water partition coefficient (Wildman–Crippen LogP) is 0.450. The van der Waals surface area contributed by atoms with Gasteiger partial charge in [0.1, 0.15) is 6.73 Å². The van der Waals surface area contributed by atoms with Crippen LogP contribution in [0.25, 0.3) is 0 Å². The standard InChI is InChI=1S/C6H10N2O/c1-5-3-8(4-9)7-6(5)2/h3,9H,4H2,1-2H3. The van der Waals surface area contributed by atoms with Gasteiger partial charge in [-0.05, 0) is 19.4 Å². The molecule has 0 aliphatic rings. The van der Waals surface area contributed by atoms with Crippen molar-refractivity contribution in [1.82, 2.24) is 9.78 Å². The molecule has 0 fully saturated rings. The van der Waals surface area contributed by atoms with Gasteiger partial charge in [-0.3, -0.25) is 0 Å². The van der Waals surface area contributed by atoms with Gasteiger partial charge in [-0.2, -0.15) is 5.10 Å². The molecule has 1 heterocycles. The zero-order valence-corrected chi connectivity index (χ0v) is 5.63. The Hall–Kier alpha value is -0.830. The fourth-order valence-electron chi connectivity index (χ4n) is 0.690. The highest BCUT2D eigenvalue weighted by atomic mass is 16.3. The van der Waals surface area contributed by atoms with Gasteiger partial charge in [0.2, 0.25) is 0 Å². The van der Waals surface area contributed by atoms with Crippen molar-refractivity contribution in [2.24, 2.45) is 0 Å². The number of aliphatic hydroxyl groups excluding tert-OH is 1. The van der Waals surface area contributed by atoms with E-state index in [1.165, 1.54) is 4.68 Å². The van der Waals surface area contributed by atoms with Gasteiger partial charge >= 0.3 is 0 Å². The molecule has 0 saturated carbocycles. The van der Waals surface area contributed by atoms with Crippen LogP contribution < -0.4 is 0 Å². The molecule has 1 aromatic heterocycles. The molecule has 0 saturated heterocycles. The zero-order chi connectivity index (χ0) is 6.85. The van der Waals surface area contributed by atoms with Crippen molar-refractivity contribution in [2.45, 2.75) is 20.6 Å². The molecule has 3 heteroatoms. The molecule has 0 radical (unpaired) electrons. The summed E-state index contributed by atoms with van der Waals surface area (Å²) < 4.78 is 1.50. The zero-order valence-electron chi connectivity index (χ0n) is 5.63. The normalized spacial score (nSPS) is 10.1. The van der Waals surface area contributed by atoms with Crippen LogP contribution >= 0.6 is 0 Å². The molecule has 0 bridgehead atoms. The molecule has 0 aliphatic carbocycles.